The molecule has 4 nitrogen and oxygen atoms in total. The maximum Gasteiger partial charge on any atom is 0.240 e. The van der Waals surface area contributed by atoms with E-state index in [-0.39, 0.29) is 5.02 Å². The Morgan fingerprint density at radius 1 is 1.41 bits per heavy atom. The van der Waals surface area contributed by atoms with Crippen molar-refractivity contribution in [1.82, 2.24) is 15.5 Å². The average molecular weight is 256 g/mol. The second-order valence-electron chi connectivity index (χ2n) is 3.59. The highest BCUT2D eigenvalue weighted by Crippen LogP contribution is 2.15. The topological polar surface area (TPSA) is 51.0 Å². The zero-order valence-corrected chi connectivity index (χ0v) is 9.96. The summed E-state index contributed by atoms with van der Waals surface area (Å²) in [6.07, 6.45) is 0. The van der Waals surface area contributed by atoms with Crippen molar-refractivity contribution in [1.29, 1.82) is 0 Å². The standard InChI is InChI=1S/C11H11ClFN3O/c1-7-15-11(17-16-7)6-14-5-8-2-3-9(12)10(13)4-8/h2-4,14H,5-6H2,1H3. The van der Waals surface area contributed by atoms with E-state index in [1.54, 1.807) is 13.0 Å². The Kier molecular flexibility index (Phi) is 3.71. The summed E-state index contributed by atoms with van der Waals surface area (Å²) in [6.45, 7) is 2.71. The molecular weight excluding hydrogens is 245 g/mol. The van der Waals surface area contributed by atoms with Gasteiger partial charge in [-0.25, -0.2) is 4.39 Å². The molecule has 17 heavy (non-hydrogen) atoms. The van der Waals surface area contributed by atoms with Crippen LogP contribution in [-0.2, 0) is 13.1 Å². The molecular formula is C11H11ClFN3O. The average Bonchev–Trinajstić information content (AvgIpc) is 2.70. The summed E-state index contributed by atoms with van der Waals surface area (Å²) in [7, 11) is 0. The third-order valence-corrected chi connectivity index (χ3v) is 2.47. The van der Waals surface area contributed by atoms with Crippen LogP contribution in [0.5, 0.6) is 0 Å². The Labute approximate surface area is 103 Å². The molecule has 1 aromatic carbocycles. The van der Waals surface area contributed by atoms with Crippen LogP contribution in [-0.4, -0.2) is 10.1 Å². The zero-order chi connectivity index (χ0) is 12.3. The Bertz CT molecular complexity index is 515. The van der Waals surface area contributed by atoms with Crippen LogP contribution in [0.25, 0.3) is 0 Å². The second kappa shape index (κ2) is 5.25. The molecule has 0 atom stereocenters. The maximum absolute atomic E-state index is 13.1. The lowest BCUT2D eigenvalue weighted by Crippen LogP contribution is -2.13. The molecule has 0 amide bonds. The number of halogens is 2. The summed E-state index contributed by atoms with van der Waals surface area (Å²) >= 11 is 5.58. The first-order valence-electron chi connectivity index (χ1n) is 5.09. The van der Waals surface area contributed by atoms with Crippen LogP contribution in [0.2, 0.25) is 5.02 Å². The molecule has 1 heterocycles. The third kappa shape index (κ3) is 3.25. The Morgan fingerprint density at radius 2 is 2.24 bits per heavy atom. The van der Waals surface area contributed by atoms with Gasteiger partial charge in [0.2, 0.25) is 5.89 Å². The van der Waals surface area contributed by atoms with E-state index in [1.807, 2.05) is 0 Å². The summed E-state index contributed by atoms with van der Waals surface area (Å²) in [5, 5.41) is 6.86. The molecule has 2 rings (SSSR count). The van der Waals surface area contributed by atoms with Gasteiger partial charge >= 0.3 is 0 Å². The van der Waals surface area contributed by atoms with Gasteiger partial charge < -0.3 is 9.84 Å². The quantitative estimate of drug-likeness (QED) is 0.912. The molecule has 0 aliphatic carbocycles. The monoisotopic (exact) mass is 255 g/mol. The first-order valence-corrected chi connectivity index (χ1v) is 5.47. The molecule has 0 saturated carbocycles. The van der Waals surface area contributed by atoms with Gasteiger partial charge in [-0.15, -0.1) is 0 Å². The first kappa shape index (κ1) is 12.0. The van der Waals surface area contributed by atoms with Crippen LogP contribution in [0.3, 0.4) is 0 Å². The van der Waals surface area contributed by atoms with Crippen LogP contribution in [0.1, 0.15) is 17.3 Å². The van der Waals surface area contributed by atoms with Crippen molar-refractivity contribution in [3.8, 4) is 0 Å². The number of benzene rings is 1. The fourth-order valence-electron chi connectivity index (χ4n) is 1.38. The Hall–Kier alpha value is -1.46. The molecule has 1 aromatic heterocycles. The highest BCUT2D eigenvalue weighted by molar-refractivity contribution is 6.30. The van der Waals surface area contributed by atoms with E-state index in [0.29, 0.717) is 24.8 Å². The lowest BCUT2D eigenvalue weighted by atomic mass is 10.2. The fraction of sp³-hybridized carbons (Fsp3) is 0.273. The van der Waals surface area contributed by atoms with E-state index in [2.05, 4.69) is 15.5 Å². The molecule has 6 heteroatoms. The number of nitrogens with zero attached hydrogens (tertiary/aromatic N) is 2. The van der Waals surface area contributed by atoms with Crippen molar-refractivity contribution in [3.63, 3.8) is 0 Å². The minimum absolute atomic E-state index is 0.126. The molecule has 0 unspecified atom stereocenters. The minimum Gasteiger partial charge on any atom is -0.338 e. The van der Waals surface area contributed by atoms with Crippen LogP contribution in [0, 0.1) is 12.7 Å². The predicted molar refractivity (Wildman–Crippen MR) is 61.0 cm³/mol. The molecule has 0 aliphatic heterocycles. The minimum atomic E-state index is -0.417. The van der Waals surface area contributed by atoms with E-state index in [9.17, 15) is 4.39 Å². The van der Waals surface area contributed by atoms with E-state index < -0.39 is 5.82 Å². The van der Waals surface area contributed by atoms with Crippen molar-refractivity contribution in [2.24, 2.45) is 0 Å². The summed E-state index contributed by atoms with van der Waals surface area (Å²) in [4.78, 5) is 4.04. The lowest BCUT2D eigenvalue weighted by Gasteiger charge is -2.03. The SMILES string of the molecule is Cc1noc(CNCc2ccc(Cl)c(F)c2)n1. The van der Waals surface area contributed by atoms with E-state index in [1.165, 1.54) is 12.1 Å². The van der Waals surface area contributed by atoms with Gasteiger partial charge in [-0.2, -0.15) is 4.98 Å². The van der Waals surface area contributed by atoms with Crippen molar-refractivity contribution in [3.05, 3.63) is 46.3 Å². The molecule has 0 spiro atoms. The summed E-state index contributed by atoms with van der Waals surface area (Å²) < 4.78 is 18.1. The van der Waals surface area contributed by atoms with Crippen LogP contribution >= 0.6 is 11.6 Å². The van der Waals surface area contributed by atoms with Crippen molar-refractivity contribution >= 4 is 11.6 Å². The van der Waals surface area contributed by atoms with Gasteiger partial charge in [0.1, 0.15) is 5.82 Å². The van der Waals surface area contributed by atoms with Gasteiger partial charge in [-0.1, -0.05) is 22.8 Å². The Morgan fingerprint density at radius 3 is 2.88 bits per heavy atom. The van der Waals surface area contributed by atoms with Crippen molar-refractivity contribution in [2.75, 3.05) is 0 Å². The maximum atomic E-state index is 13.1. The molecule has 0 fully saturated rings. The van der Waals surface area contributed by atoms with Crippen LogP contribution < -0.4 is 5.32 Å². The van der Waals surface area contributed by atoms with Crippen LogP contribution in [0.15, 0.2) is 22.7 Å². The zero-order valence-electron chi connectivity index (χ0n) is 9.20. The summed E-state index contributed by atoms with van der Waals surface area (Å²) in [5.74, 6) is 0.691. The highest BCUT2D eigenvalue weighted by Gasteiger charge is 2.03. The molecule has 0 aliphatic rings. The largest absolute Gasteiger partial charge is 0.338 e. The van der Waals surface area contributed by atoms with Crippen molar-refractivity contribution < 1.29 is 8.91 Å². The number of rotatable bonds is 4. The number of aromatic nitrogens is 2. The van der Waals surface area contributed by atoms with Gasteiger partial charge in [-0.3, -0.25) is 0 Å². The van der Waals surface area contributed by atoms with Gasteiger partial charge in [-0.05, 0) is 24.6 Å². The van der Waals surface area contributed by atoms with Gasteiger partial charge in [0.05, 0.1) is 11.6 Å². The second-order valence-corrected chi connectivity index (χ2v) is 3.99. The Balaban J connectivity index is 1.87. The van der Waals surface area contributed by atoms with E-state index in [0.717, 1.165) is 5.56 Å². The molecule has 1 N–H and O–H groups in total. The number of hydrogen-bond acceptors (Lipinski definition) is 4. The molecule has 0 bridgehead atoms. The summed E-state index contributed by atoms with van der Waals surface area (Å²) in [6, 6.07) is 4.69. The molecule has 0 saturated heterocycles. The lowest BCUT2D eigenvalue weighted by molar-refractivity contribution is 0.364. The molecule has 0 radical (unpaired) electrons. The van der Waals surface area contributed by atoms with Crippen LogP contribution in [0.4, 0.5) is 4.39 Å². The normalized spacial score (nSPS) is 10.8. The summed E-state index contributed by atoms with van der Waals surface area (Å²) in [5.41, 5.74) is 0.808. The van der Waals surface area contributed by atoms with E-state index >= 15 is 0 Å². The van der Waals surface area contributed by atoms with E-state index in [4.69, 9.17) is 16.1 Å². The number of hydrogen-bond donors (Lipinski definition) is 1. The van der Waals surface area contributed by atoms with Gasteiger partial charge in [0.15, 0.2) is 5.82 Å². The van der Waals surface area contributed by atoms with Gasteiger partial charge in [0, 0.05) is 6.54 Å². The smallest absolute Gasteiger partial charge is 0.240 e. The molecule has 2 aromatic rings. The van der Waals surface area contributed by atoms with Crippen molar-refractivity contribution in [2.45, 2.75) is 20.0 Å². The molecule has 90 valence electrons. The highest BCUT2D eigenvalue weighted by atomic mass is 35.5. The third-order valence-electron chi connectivity index (χ3n) is 2.16. The van der Waals surface area contributed by atoms with Gasteiger partial charge in [0.25, 0.3) is 0 Å². The first-order chi connectivity index (χ1) is 8.15. The number of nitrogens with one attached hydrogen (secondary N) is 1. The fourth-order valence-corrected chi connectivity index (χ4v) is 1.49. The number of aryl methyl sites for hydroxylation is 1. The predicted octanol–water partition coefficient (Wildman–Crippen LogP) is 2.46.